The van der Waals surface area contributed by atoms with Gasteiger partial charge in [0.25, 0.3) is 0 Å². The molecule has 0 radical (unpaired) electrons. The van der Waals surface area contributed by atoms with Crippen molar-refractivity contribution in [2.45, 2.75) is 18.9 Å². The van der Waals surface area contributed by atoms with E-state index >= 15 is 0 Å². The molecular formula is C11H14Cl2N4. The molecule has 0 amide bonds. The predicted octanol–water partition coefficient (Wildman–Crippen LogP) is 1.96. The molecule has 6 heteroatoms. The number of nitrogens with zero attached hydrogens (tertiary/aromatic N) is 3. The molecule has 2 heterocycles. The average Bonchev–Trinajstić information content (AvgIpc) is 2.29. The summed E-state index contributed by atoms with van der Waals surface area (Å²) in [5.74, 6) is 0.774. The Morgan fingerprint density at radius 2 is 2.06 bits per heavy atom. The monoisotopic (exact) mass is 272 g/mol. The van der Waals surface area contributed by atoms with Crippen LogP contribution in [0.4, 0.5) is 5.82 Å². The SMILES string of the molecule is Cl.N#Cc1cc(Cl)nc(N2CCC(N)CC2)c1. The molecule has 0 aliphatic carbocycles. The summed E-state index contributed by atoms with van der Waals surface area (Å²) in [6.45, 7) is 1.75. The van der Waals surface area contributed by atoms with Crippen LogP contribution in [0.3, 0.4) is 0 Å². The van der Waals surface area contributed by atoms with E-state index in [9.17, 15) is 0 Å². The van der Waals surface area contributed by atoms with Crippen LogP contribution in [0, 0.1) is 11.3 Å². The Kier molecular flexibility index (Phi) is 5.01. The van der Waals surface area contributed by atoms with Gasteiger partial charge in [0.2, 0.25) is 0 Å². The fourth-order valence-corrected chi connectivity index (χ4v) is 2.04. The maximum atomic E-state index is 8.85. The molecule has 0 bridgehead atoms. The van der Waals surface area contributed by atoms with Gasteiger partial charge in [-0.25, -0.2) is 4.98 Å². The minimum Gasteiger partial charge on any atom is -0.356 e. The molecule has 0 saturated carbocycles. The fourth-order valence-electron chi connectivity index (χ4n) is 1.84. The lowest BCUT2D eigenvalue weighted by atomic mass is 10.1. The maximum absolute atomic E-state index is 8.85. The topological polar surface area (TPSA) is 65.9 Å². The van der Waals surface area contributed by atoms with Crippen LogP contribution in [0.5, 0.6) is 0 Å². The fraction of sp³-hybridized carbons (Fsp3) is 0.455. The van der Waals surface area contributed by atoms with Crippen molar-refractivity contribution in [2.24, 2.45) is 5.73 Å². The number of nitriles is 1. The smallest absolute Gasteiger partial charge is 0.132 e. The molecule has 1 aliphatic heterocycles. The van der Waals surface area contributed by atoms with Crippen molar-refractivity contribution in [1.29, 1.82) is 5.26 Å². The van der Waals surface area contributed by atoms with Gasteiger partial charge in [-0.2, -0.15) is 5.26 Å². The summed E-state index contributed by atoms with van der Waals surface area (Å²) < 4.78 is 0. The van der Waals surface area contributed by atoms with Crippen molar-refractivity contribution in [1.82, 2.24) is 4.98 Å². The van der Waals surface area contributed by atoms with E-state index in [-0.39, 0.29) is 18.4 Å². The second-order valence-electron chi connectivity index (χ2n) is 3.97. The molecule has 92 valence electrons. The van der Waals surface area contributed by atoms with Gasteiger partial charge in [0.1, 0.15) is 11.0 Å². The van der Waals surface area contributed by atoms with E-state index in [4.69, 9.17) is 22.6 Å². The third kappa shape index (κ3) is 3.47. The van der Waals surface area contributed by atoms with Gasteiger partial charge >= 0.3 is 0 Å². The van der Waals surface area contributed by atoms with Crippen LogP contribution in [0.1, 0.15) is 18.4 Å². The van der Waals surface area contributed by atoms with E-state index in [1.54, 1.807) is 12.1 Å². The minimum atomic E-state index is 0. The zero-order valence-corrected chi connectivity index (χ0v) is 10.8. The molecule has 17 heavy (non-hydrogen) atoms. The normalized spacial score (nSPS) is 16.2. The highest BCUT2D eigenvalue weighted by molar-refractivity contribution is 6.29. The summed E-state index contributed by atoms with van der Waals surface area (Å²) in [6, 6.07) is 5.70. The minimum absolute atomic E-state index is 0. The van der Waals surface area contributed by atoms with E-state index in [0.29, 0.717) is 10.7 Å². The van der Waals surface area contributed by atoms with Crippen LogP contribution in [-0.2, 0) is 0 Å². The molecule has 1 aromatic rings. The summed E-state index contributed by atoms with van der Waals surface area (Å²) in [7, 11) is 0. The number of pyridine rings is 1. The van der Waals surface area contributed by atoms with Crippen molar-refractivity contribution in [3.63, 3.8) is 0 Å². The summed E-state index contributed by atoms with van der Waals surface area (Å²) in [5.41, 5.74) is 6.38. The highest BCUT2D eigenvalue weighted by atomic mass is 35.5. The summed E-state index contributed by atoms with van der Waals surface area (Å²) in [4.78, 5) is 6.35. The van der Waals surface area contributed by atoms with Crippen LogP contribution >= 0.6 is 24.0 Å². The van der Waals surface area contributed by atoms with Crippen molar-refractivity contribution >= 4 is 29.8 Å². The first kappa shape index (κ1) is 14.0. The van der Waals surface area contributed by atoms with Crippen LogP contribution in [-0.4, -0.2) is 24.1 Å². The van der Waals surface area contributed by atoms with E-state index in [1.165, 1.54) is 0 Å². The lowest BCUT2D eigenvalue weighted by molar-refractivity contribution is 0.498. The Morgan fingerprint density at radius 1 is 1.41 bits per heavy atom. The number of anilines is 1. The summed E-state index contributed by atoms with van der Waals surface area (Å²) in [5, 5.41) is 9.22. The quantitative estimate of drug-likeness (QED) is 0.794. The van der Waals surface area contributed by atoms with Gasteiger partial charge in [-0.15, -0.1) is 12.4 Å². The van der Waals surface area contributed by atoms with Gasteiger partial charge in [0.15, 0.2) is 0 Å². The van der Waals surface area contributed by atoms with Crippen molar-refractivity contribution in [3.05, 3.63) is 22.8 Å². The number of halogens is 2. The summed E-state index contributed by atoms with van der Waals surface area (Å²) in [6.07, 6.45) is 1.91. The standard InChI is InChI=1S/C11H13ClN4.ClH/c12-10-5-8(7-13)6-11(15-10)16-3-1-9(14)2-4-16;/h5-6,9H,1-4,14H2;1H. The first-order valence-electron chi connectivity index (χ1n) is 5.27. The van der Waals surface area contributed by atoms with Gasteiger partial charge in [0.05, 0.1) is 11.6 Å². The van der Waals surface area contributed by atoms with Crippen molar-refractivity contribution in [2.75, 3.05) is 18.0 Å². The molecule has 2 N–H and O–H groups in total. The molecule has 0 atom stereocenters. The predicted molar refractivity (Wildman–Crippen MR) is 70.6 cm³/mol. The third-order valence-electron chi connectivity index (χ3n) is 2.77. The Bertz CT molecular complexity index is 422. The number of hydrogen-bond acceptors (Lipinski definition) is 4. The molecule has 0 spiro atoms. The highest BCUT2D eigenvalue weighted by Gasteiger charge is 2.17. The Balaban J connectivity index is 0.00000144. The molecule has 1 saturated heterocycles. The summed E-state index contributed by atoms with van der Waals surface area (Å²) >= 11 is 5.86. The van der Waals surface area contributed by atoms with Gasteiger partial charge in [-0.1, -0.05) is 11.6 Å². The highest BCUT2D eigenvalue weighted by Crippen LogP contribution is 2.21. The van der Waals surface area contributed by atoms with Crippen LogP contribution in [0.25, 0.3) is 0 Å². The number of aromatic nitrogens is 1. The van der Waals surface area contributed by atoms with Gasteiger partial charge in [0, 0.05) is 19.1 Å². The van der Waals surface area contributed by atoms with Gasteiger partial charge in [-0.05, 0) is 25.0 Å². The third-order valence-corrected chi connectivity index (χ3v) is 2.97. The lowest BCUT2D eigenvalue weighted by Crippen LogP contribution is -2.40. The zero-order chi connectivity index (χ0) is 11.5. The van der Waals surface area contributed by atoms with E-state index in [1.807, 2.05) is 0 Å². The molecule has 1 fully saturated rings. The Morgan fingerprint density at radius 3 is 2.65 bits per heavy atom. The van der Waals surface area contributed by atoms with Crippen molar-refractivity contribution < 1.29 is 0 Å². The second kappa shape index (κ2) is 6.06. The average molecular weight is 273 g/mol. The number of nitrogens with two attached hydrogens (primary N) is 1. The number of piperidine rings is 1. The molecule has 1 aliphatic rings. The number of rotatable bonds is 1. The molecular weight excluding hydrogens is 259 g/mol. The Labute approximate surface area is 112 Å². The van der Waals surface area contributed by atoms with E-state index < -0.39 is 0 Å². The van der Waals surface area contributed by atoms with Crippen LogP contribution in [0.15, 0.2) is 12.1 Å². The molecule has 2 rings (SSSR count). The van der Waals surface area contributed by atoms with Gasteiger partial charge < -0.3 is 10.6 Å². The van der Waals surface area contributed by atoms with E-state index in [0.717, 1.165) is 31.7 Å². The lowest BCUT2D eigenvalue weighted by Gasteiger charge is -2.31. The molecule has 1 aromatic heterocycles. The molecule has 4 nitrogen and oxygen atoms in total. The van der Waals surface area contributed by atoms with E-state index in [2.05, 4.69) is 16.0 Å². The second-order valence-corrected chi connectivity index (χ2v) is 4.36. The maximum Gasteiger partial charge on any atom is 0.132 e. The van der Waals surface area contributed by atoms with Gasteiger partial charge in [-0.3, -0.25) is 0 Å². The first-order chi connectivity index (χ1) is 7.69. The molecule has 0 unspecified atom stereocenters. The molecule has 0 aromatic carbocycles. The van der Waals surface area contributed by atoms with Crippen LogP contribution in [0.2, 0.25) is 5.15 Å². The van der Waals surface area contributed by atoms with Crippen molar-refractivity contribution in [3.8, 4) is 6.07 Å². The Hall–Kier alpha value is -1.02. The zero-order valence-electron chi connectivity index (χ0n) is 9.27. The van der Waals surface area contributed by atoms with Crippen LogP contribution < -0.4 is 10.6 Å². The number of hydrogen-bond donors (Lipinski definition) is 1. The first-order valence-corrected chi connectivity index (χ1v) is 5.65. The largest absolute Gasteiger partial charge is 0.356 e.